The lowest BCUT2D eigenvalue weighted by Gasteiger charge is -2.34. The van der Waals surface area contributed by atoms with Gasteiger partial charge in [-0.25, -0.2) is 17.5 Å². The molecule has 0 fully saturated rings. The van der Waals surface area contributed by atoms with E-state index in [4.69, 9.17) is 0 Å². The Kier molecular flexibility index (Phi) is 5.51. The van der Waals surface area contributed by atoms with Crippen molar-refractivity contribution in [3.05, 3.63) is 53.6 Å². The second-order valence-corrected chi connectivity index (χ2v) is 8.40. The van der Waals surface area contributed by atoms with Crippen LogP contribution < -0.4 is 4.72 Å². The molecule has 0 unspecified atom stereocenters. The van der Waals surface area contributed by atoms with Crippen LogP contribution in [0.25, 0.3) is 0 Å². The van der Waals surface area contributed by atoms with E-state index >= 15 is 0 Å². The molecule has 0 amide bonds. The predicted octanol–water partition coefficient (Wildman–Crippen LogP) is 1.91. The Morgan fingerprint density at radius 1 is 1.28 bits per heavy atom. The molecule has 136 valence electrons. The van der Waals surface area contributed by atoms with Gasteiger partial charge in [0.15, 0.2) is 0 Å². The molecular formula is C17H23FN4O2S. The third-order valence-corrected chi connectivity index (χ3v) is 5.86. The number of halogens is 1. The summed E-state index contributed by atoms with van der Waals surface area (Å²) < 4.78 is 40.9. The van der Waals surface area contributed by atoms with Gasteiger partial charge in [-0.15, -0.1) is 0 Å². The molecule has 0 bridgehead atoms. The number of benzene rings is 1. The van der Waals surface area contributed by atoms with Crippen LogP contribution in [0, 0.1) is 5.82 Å². The van der Waals surface area contributed by atoms with Crippen molar-refractivity contribution in [2.24, 2.45) is 0 Å². The first-order valence-electron chi connectivity index (χ1n) is 8.43. The third kappa shape index (κ3) is 4.65. The van der Waals surface area contributed by atoms with Crippen LogP contribution in [0.2, 0.25) is 0 Å². The van der Waals surface area contributed by atoms with E-state index in [2.05, 4.69) is 14.7 Å². The standard InChI is InChI=1S/C17H23FN4O2S/c1-2-25(23,24)20-10-8-17-13-21(12-16-7-9-19-22(16)17)11-14-3-5-15(18)6-4-14/h3-7,9,17,20H,2,8,10-13H2,1H3/t17-/m1/s1. The van der Waals surface area contributed by atoms with E-state index < -0.39 is 10.0 Å². The van der Waals surface area contributed by atoms with Crippen molar-refractivity contribution < 1.29 is 12.8 Å². The zero-order valence-corrected chi connectivity index (χ0v) is 15.0. The van der Waals surface area contributed by atoms with Gasteiger partial charge in [0.05, 0.1) is 17.5 Å². The quantitative estimate of drug-likeness (QED) is 0.813. The molecule has 0 saturated carbocycles. The average Bonchev–Trinajstić information content (AvgIpc) is 3.05. The maximum atomic E-state index is 13.1. The zero-order chi connectivity index (χ0) is 17.9. The fourth-order valence-electron chi connectivity index (χ4n) is 3.13. The summed E-state index contributed by atoms with van der Waals surface area (Å²) in [6, 6.07) is 8.64. The molecule has 6 nitrogen and oxygen atoms in total. The van der Waals surface area contributed by atoms with E-state index in [9.17, 15) is 12.8 Å². The molecule has 1 atom stereocenters. The van der Waals surface area contributed by atoms with Crippen molar-refractivity contribution in [1.82, 2.24) is 19.4 Å². The lowest BCUT2D eigenvalue weighted by atomic mass is 10.1. The van der Waals surface area contributed by atoms with E-state index in [1.807, 2.05) is 10.7 Å². The number of hydrogen-bond donors (Lipinski definition) is 1. The van der Waals surface area contributed by atoms with Gasteiger partial charge in [0.2, 0.25) is 10.0 Å². The molecule has 1 N–H and O–H groups in total. The van der Waals surface area contributed by atoms with Crippen molar-refractivity contribution >= 4 is 10.0 Å². The number of hydrogen-bond acceptors (Lipinski definition) is 4. The molecule has 1 aliphatic rings. The average molecular weight is 366 g/mol. The molecule has 2 aromatic rings. The van der Waals surface area contributed by atoms with Gasteiger partial charge >= 0.3 is 0 Å². The Labute approximate surface area is 147 Å². The summed E-state index contributed by atoms with van der Waals surface area (Å²) in [5.41, 5.74) is 2.16. The highest BCUT2D eigenvalue weighted by Crippen LogP contribution is 2.24. The first kappa shape index (κ1) is 18.0. The molecule has 1 aromatic carbocycles. The van der Waals surface area contributed by atoms with Crippen LogP contribution in [-0.4, -0.2) is 41.9 Å². The second-order valence-electron chi connectivity index (χ2n) is 6.30. The van der Waals surface area contributed by atoms with Crippen LogP contribution in [0.15, 0.2) is 36.5 Å². The number of sulfonamides is 1. The van der Waals surface area contributed by atoms with E-state index in [0.29, 0.717) is 13.0 Å². The van der Waals surface area contributed by atoms with Gasteiger partial charge in [-0.05, 0) is 37.1 Å². The minimum Gasteiger partial charge on any atom is -0.291 e. The molecule has 2 heterocycles. The van der Waals surface area contributed by atoms with Gasteiger partial charge in [-0.1, -0.05) is 12.1 Å². The minimum atomic E-state index is -3.18. The number of nitrogens with one attached hydrogen (secondary N) is 1. The van der Waals surface area contributed by atoms with Gasteiger partial charge < -0.3 is 0 Å². The molecule has 0 radical (unpaired) electrons. The lowest BCUT2D eigenvalue weighted by molar-refractivity contribution is 0.162. The van der Waals surface area contributed by atoms with Crippen LogP contribution in [0.1, 0.15) is 30.6 Å². The molecule has 25 heavy (non-hydrogen) atoms. The summed E-state index contributed by atoms with van der Waals surface area (Å²) in [6.45, 7) is 4.29. The Bertz CT molecular complexity index is 804. The number of fused-ring (bicyclic) bond motifs is 1. The van der Waals surface area contributed by atoms with Gasteiger partial charge in [-0.3, -0.25) is 9.58 Å². The molecule has 3 rings (SSSR count). The van der Waals surface area contributed by atoms with Crippen LogP contribution in [0.5, 0.6) is 0 Å². The molecule has 0 saturated heterocycles. The molecule has 0 spiro atoms. The molecule has 1 aromatic heterocycles. The largest absolute Gasteiger partial charge is 0.291 e. The maximum absolute atomic E-state index is 13.1. The van der Waals surface area contributed by atoms with Crippen molar-refractivity contribution in [3.8, 4) is 0 Å². The summed E-state index contributed by atoms with van der Waals surface area (Å²) in [7, 11) is -3.18. The van der Waals surface area contributed by atoms with Gasteiger partial charge in [0.1, 0.15) is 5.82 Å². The molecular weight excluding hydrogens is 343 g/mol. The first-order valence-corrected chi connectivity index (χ1v) is 10.1. The van der Waals surface area contributed by atoms with E-state index in [1.165, 1.54) is 12.1 Å². The highest BCUT2D eigenvalue weighted by Gasteiger charge is 2.25. The SMILES string of the molecule is CCS(=O)(=O)NCC[C@@H]1CN(Cc2ccc(F)cc2)Cc2ccnn21. The first-order chi connectivity index (χ1) is 12.0. The third-order valence-electron chi connectivity index (χ3n) is 4.45. The van der Waals surface area contributed by atoms with Crippen LogP contribution in [0.3, 0.4) is 0 Å². The normalized spacial score (nSPS) is 18.2. The zero-order valence-electron chi connectivity index (χ0n) is 14.2. The smallest absolute Gasteiger partial charge is 0.211 e. The Morgan fingerprint density at radius 3 is 2.76 bits per heavy atom. The Morgan fingerprint density at radius 2 is 2.04 bits per heavy atom. The summed E-state index contributed by atoms with van der Waals surface area (Å²) in [4.78, 5) is 2.28. The highest BCUT2D eigenvalue weighted by molar-refractivity contribution is 7.89. The Hall–Kier alpha value is -1.77. The van der Waals surface area contributed by atoms with Crippen LogP contribution >= 0.6 is 0 Å². The van der Waals surface area contributed by atoms with Gasteiger partial charge in [-0.2, -0.15) is 5.10 Å². The maximum Gasteiger partial charge on any atom is 0.211 e. The summed E-state index contributed by atoms with van der Waals surface area (Å²) in [5, 5.41) is 4.39. The molecule has 0 aliphatic carbocycles. The van der Waals surface area contributed by atoms with E-state index in [0.717, 1.165) is 30.9 Å². The number of nitrogens with zero attached hydrogens (tertiary/aromatic N) is 3. The highest BCUT2D eigenvalue weighted by atomic mass is 32.2. The van der Waals surface area contributed by atoms with Crippen LogP contribution in [-0.2, 0) is 23.1 Å². The molecule has 8 heteroatoms. The monoisotopic (exact) mass is 366 g/mol. The van der Waals surface area contributed by atoms with Gasteiger partial charge in [0.25, 0.3) is 0 Å². The Balaban J connectivity index is 1.65. The lowest BCUT2D eigenvalue weighted by Crippen LogP contribution is -2.39. The van der Waals surface area contributed by atoms with Crippen LogP contribution in [0.4, 0.5) is 4.39 Å². The van der Waals surface area contributed by atoms with Crippen molar-refractivity contribution in [2.45, 2.75) is 32.5 Å². The van der Waals surface area contributed by atoms with Crippen molar-refractivity contribution in [3.63, 3.8) is 0 Å². The summed E-state index contributed by atoms with van der Waals surface area (Å²) in [6.07, 6.45) is 2.45. The predicted molar refractivity (Wildman–Crippen MR) is 93.9 cm³/mol. The second kappa shape index (κ2) is 7.63. The summed E-state index contributed by atoms with van der Waals surface area (Å²) in [5.74, 6) is -0.150. The molecule has 1 aliphatic heterocycles. The van der Waals surface area contributed by atoms with Crippen molar-refractivity contribution in [2.75, 3.05) is 18.8 Å². The van der Waals surface area contributed by atoms with E-state index in [-0.39, 0.29) is 17.6 Å². The number of rotatable bonds is 7. The van der Waals surface area contributed by atoms with Crippen molar-refractivity contribution in [1.29, 1.82) is 0 Å². The van der Waals surface area contributed by atoms with E-state index in [1.54, 1.807) is 25.3 Å². The fourth-order valence-corrected chi connectivity index (χ4v) is 3.76. The topological polar surface area (TPSA) is 67.2 Å². The summed E-state index contributed by atoms with van der Waals surface area (Å²) >= 11 is 0. The fraction of sp³-hybridized carbons (Fsp3) is 0.471. The minimum absolute atomic E-state index is 0.0847. The van der Waals surface area contributed by atoms with Gasteiger partial charge in [0, 0.05) is 32.4 Å². The number of aromatic nitrogens is 2.